The van der Waals surface area contributed by atoms with Gasteiger partial charge in [-0.3, -0.25) is 9.59 Å². The van der Waals surface area contributed by atoms with Crippen LogP contribution >= 0.6 is 0 Å². The molecule has 0 saturated heterocycles. The number of para-hydroxylation sites is 1. The standard InChI is InChI=1S/C23H22N2O3/c1-2-13-25-20-8-4-3-7-19(20)23(28,22(25)27)16-21(26)17-9-11-18(12-10-17)24-14-5-6-15-24/h3-12,14-15,28H,2,13,16H2,1H3/t23-/m1/s1. The lowest BCUT2D eigenvalue weighted by Gasteiger charge is -2.22. The lowest BCUT2D eigenvalue weighted by atomic mass is 9.88. The van der Waals surface area contributed by atoms with E-state index < -0.39 is 11.5 Å². The fourth-order valence-corrected chi connectivity index (χ4v) is 3.78. The van der Waals surface area contributed by atoms with Gasteiger partial charge in [0.15, 0.2) is 11.4 Å². The summed E-state index contributed by atoms with van der Waals surface area (Å²) >= 11 is 0. The second-order valence-electron chi connectivity index (χ2n) is 7.07. The van der Waals surface area contributed by atoms with Crippen LogP contribution in [0.5, 0.6) is 0 Å². The summed E-state index contributed by atoms with van der Waals surface area (Å²) < 4.78 is 1.95. The number of hydrogen-bond donors (Lipinski definition) is 1. The molecule has 0 radical (unpaired) electrons. The van der Waals surface area contributed by atoms with Crippen LogP contribution < -0.4 is 4.90 Å². The SMILES string of the molecule is CCCN1C(=O)[C@@](O)(CC(=O)c2ccc(-n3cccc3)cc2)c2ccccc21. The number of nitrogens with zero attached hydrogens (tertiary/aromatic N) is 2. The van der Waals surface area contributed by atoms with E-state index in [1.54, 1.807) is 29.2 Å². The number of rotatable bonds is 6. The molecule has 0 saturated carbocycles. The highest BCUT2D eigenvalue weighted by molar-refractivity contribution is 6.10. The molecular weight excluding hydrogens is 352 g/mol. The molecule has 5 heteroatoms. The molecule has 0 fully saturated rings. The minimum absolute atomic E-state index is 0.261. The van der Waals surface area contributed by atoms with Crippen LogP contribution in [0.25, 0.3) is 5.69 Å². The summed E-state index contributed by atoms with van der Waals surface area (Å²) in [7, 11) is 0. The molecule has 5 nitrogen and oxygen atoms in total. The molecule has 0 aliphatic carbocycles. The maximum Gasteiger partial charge on any atom is 0.264 e. The Kier molecular flexibility index (Phi) is 4.61. The number of amides is 1. The van der Waals surface area contributed by atoms with Crippen molar-refractivity contribution in [1.29, 1.82) is 0 Å². The summed E-state index contributed by atoms with van der Waals surface area (Å²) in [5.41, 5.74) is 0.792. The number of fused-ring (bicyclic) bond motifs is 1. The van der Waals surface area contributed by atoms with E-state index in [2.05, 4.69) is 0 Å². The minimum Gasteiger partial charge on any atom is -0.375 e. The van der Waals surface area contributed by atoms with E-state index in [9.17, 15) is 14.7 Å². The first-order valence-corrected chi connectivity index (χ1v) is 9.45. The molecule has 142 valence electrons. The van der Waals surface area contributed by atoms with E-state index in [0.29, 0.717) is 23.4 Å². The lowest BCUT2D eigenvalue weighted by Crippen LogP contribution is -2.42. The molecule has 2 aromatic carbocycles. The third kappa shape index (κ3) is 2.94. The maximum absolute atomic E-state index is 13.0. The topological polar surface area (TPSA) is 62.5 Å². The van der Waals surface area contributed by atoms with Crippen LogP contribution in [0.1, 0.15) is 35.7 Å². The highest BCUT2D eigenvalue weighted by Gasteiger charge is 2.50. The highest BCUT2D eigenvalue weighted by atomic mass is 16.3. The number of carbonyl (C=O) groups excluding carboxylic acids is 2. The van der Waals surface area contributed by atoms with Crippen molar-refractivity contribution in [2.45, 2.75) is 25.4 Å². The van der Waals surface area contributed by atoms with Crippen molar-refractivity contribution in [3.8, 4) is 5.69 Å². The zero-order valence-corrected chi connectivity index (χ0v) is 15.7. The Morgan fingerprint density at radius 2 is 1.68 bits per heavy atom. The van der Waals surface area contributed by atoms with Crippen molar-refractivity contribution in [2.75, 3.05) is 11.4 Å². The molecule has 1 atom stereocenters. The van der Waals surface area contributed by atoms with E-state index in [1.807, 2.05) is 60.3 Å². The van der Waals surface area contributed by atoms with Gasteiger partial charge >= 0.3 is 0 Å². The summed E-state index contributed by atoms with van der Waals surface area (Å²) in [6, 6.07) is 18.2. The van der Waals surface area contributed by atoms with E-state index in [-0.39, 0.29) is 12.2 Å². The predicted molar refractivity (Wildman–Crippen MR) is 108 cm³/mol. The van der Waals surface area contributed by atoms with Crippen LogP contribution in [0.4, 0.5) is 5.69 Å². The van der Waals surface area contributed by atoms with Crippen LogP contribution in [0.15, 0.2) is 73.1 Å². The molecule has 3 aromatic rings. The average Bonchev–Trinajstić information content (AvgIpc) is 3.32. The largest absolute Gasteiger partial charge is 0.375 e. The summed E-state index contributed by atoms with van der Waals surface area (Å²) in [5, 5.41) is 11.2. The predicted octanol–water partition coefficient (Wildman–Crippen LogP) is 3.69. The molecule has 1 aliphatic rings. The van der Waals surface area contributed by atoms with E-state index >= 15 is 0 Å². The molecule has 0 spiro atoms. The van der Waals surface area contributed by atoms with Crippen molar-refractivity contribution in [3.63, 3.8) is 0 Å². The molecule has 4 rings (SSSR count). The molecule has 2 heterocycles. The van der Waals surface area contributed by atoms with E-state index in [0.717, 1.165) is 12.1 Å². The zero-order valence-electron chi connectivity index (χ0n) is 15.7. The fourth-order valence-electron chi connectivity index (χ4n) is 3.78. The van der Waals surface area contributed by atoms with Crippen LogP contribution in [0.3, 0.4) is 0 Å². The van der Waals surface area contributed by atoms with Gasteiger partial charge in [0.2, 0.25) is 0 Å². The first-order chi connectivity index (χ1) is 13.5. The Hall–Kier alpha value is -3.18. The number of carbonyl (C=O) groups is 2. The van der Waals surface area contributed by atoms with Crippen molar-refractivity contribution in [3.05, 3.63) is 84.2 Å². The average molecular weight is 374 g/mol. The Morgan fingerprint density at radius 3 is 2.36 bits per heavy atom. The van der Waals surface area contributed by atoms with Gasteiger partial charge in [-0.15, -0.1) is 0 Å². The normalized spacial score (nSPS) is 18.4. The molecule has 0 unspecified atom stereocenters. The maximum atomic E-state index is 13.0. The number of aliphatic hydroxyl groups is 1. The minimum atomic E-state index is -1.82. The number of anilines is 1. The Labute approximate surface area is 163 Å². The first kappa shape index (κ1) is 18.2. The van der Waals surface area contributed by atoms with Crippen LogP contribution in [-0.2, 0) is 10.4 Å². The second-order valence-corrected chi connectivity index (χ2v) is 7.07. The molecule has 1 amide bonds. The Morgan fingerprint density at radius 1 is 1.00 bits per heavy atom. The molecule has 1 N–H and O–H groups in total. The highest BCUT2D eigenvalue weighted by Crippen LogP contribution is 2.42. The van der Waals surface area contributed by atoms with Gasteiger partial charge in [-0.05, 0) is 48.9 Å². The van der Waals surface area contributed by atoms with Crippen LogP contribution in [0.2, 0.25) is 0 Å². The van der Waals surface area contributed by atoms with Gasteiger partial charge in [0.25, 0.3) is 5.91 Å². The van der Waals surface area contributed by atoms with Gasteiger partial charge in [-0.25, -0.2) is 0 Å². The van der Waals surface area contributed by atoms with Crippen LogP contribution in [-0.4, -0.2) is 27.9 Å². The quantitative estimate of drug-likeness (QED) is 0.669. The Bertz CT molecular complexity index is 1010. The molecule has 1 aromatic heterocycles. The number of ketones is 1. The van der Waals surface area contributed by atoms with Gasteiger partial charge < -0.3 is 14.6 Å². The molecular formula is C23H22N2O3. The smallest absolute Gasteiger partial charge is 0.264 e. The Balaban J connectivity index is 1.61. The van der Waals surface area contributed by atoms with Crippen LogP contribution in [0, 0.1) is 0 Å². The monoisotopic (exact) mass is 374 g/mol. The molecule has 28 heavy (non-hydrogen) atoms. The first-order valence-electron chi connectivity index (χ1n) is 9.45. The van der Waals surface area contributed by atoms with Gasteiger partial charge in [0.05, 0.1) is 12.1 Å². The van der Waals surface area contributed by atoms with Gasteiger partial charge in [-0.2, -0.15) is 0 Å². The van der Waals surface area contributed by atoms with E-state index in [1.165, 1.54) is 0 Å². The van der Waals surface area contributed by atoms with E-state index in [4.69, 9.17) is 0 Å². The van der Waals surface area contributed by atoms with Crippen molar-refractivity contribution in [1.82, 2.24) is 4.57 Å². The van der Waals surface area contributed by atoms with Gasteiger partial charge in [-0.1, -0.05) is 25.1 Å². The van der Waals surface area contributed by atoms with Gasteiger partial charge in [0.1, 0.15) is 0 Å². The summed E-state index contributed by atoms with van der Waals surface area (Å²) in [6.45, 7) is 2.49. The fraction of sp³-hybridized carbons (Fsp3) is 0.217. The number of benzene rings is 2. The number of Topliss-reactive ketones (excluding diaryl/α,β-unsaturated/α-hetero) is 1. The lowest BCUT2D eigenvalue weighted by molar-refractivity contribution is -0.135. The van der Waals surface area contributed by atoms with Crippen molar-refractivity contribution in [2.24, 2.45) is 0 Å². The van der Waals surface area contributed by atoms with Crippen molar-refractivity contribution < 1.29 is 14.7 Å². The summed E-state index contributed by atoms with van der Waals surface area (Å²) in [4.78, 5) is 27.4. The summed E-state index contributed by atoms with van der Waals surface area (Å²) in [5.74, 6) is -0.684. The summed E-state index contributed by atoms with van der Waals surface area (Å²) in [6.07, 6.45) is 4.35. The number of hydrogen-bond acceptors (Lipinski definition) is 3. The van der Waals surface area contributed by atoms with Gasteiger partial charge in [0, 0.05) is 35.8 Å². The second kappa shape index (κ2) is 7.09. The molecule has 1 aliphatic heterocycles. The third-order valence-electron chi connectivity index (χ3n) is 5.19. The van der Waals surface area contributed by atoms with Crippen molar-refractivity contribution >= 4 is 17.4 Å². The molecule has 0 bridgehead atoms. The zero-order chi connectivity index (χ0) is 19.7. The third-order valence-corrected chi connectivity index (χ3v) is 5.19. The number of aromatic nitrogens is 1.